The van der Waals surface area contributed by atoms with E-state index in [1.165, 1.54) is 0 Å². The monoisotopic (exact) mass is 782 g/mol. The van der Waals surface area contributed by atoms with Crippen molar-refractivity contribution in [2.45, 2.75) is 52.5 Å². The third-order valence-corrected chi connectivity index (χ3v) is 10.6. The van der Waals surface area contributed by atoms with Crippen molar-refractivity contribution in [1.82, 2.24) is 40.9 Å². The summed E-state index contributed by atoms with van der Waals surface area (Å²) in [6, 6.07) is 23.5. The predicted octanol–water partition coefficient (Wildman–Crippen LogP) is 6.38. The van der Waals surface area contributed by atoms with Crippen molar-refractivity contribution in [3.05, 3.63) is 102 Å². The van der Waals surface area contributed by atoms with Gasteiger partial charge in [0, 0.05) is 78.6 Å². The van der Waals surface area contributed by atoms with Crippen molar-refractivity contribution >= 4 is 40.3 Å². The molecule has 8 rings (SSSR count). The number of imide groups is 1. The fourth-order valence-corrected chi connectivity index (χ4v) is 7.25. The number of carbonyl (C=O) groups is 3. The van der Waals surface area contributed by atoms with Crippen LogP contribution in [0.3, 0.4) is 0 Å². The minimum absolute atomic E-state index is 0.0167. The molecule has 2 aliphatic heterocycles. The number of urea groups is 1. The van der Waals surface area contributed by atoms with Crippen molar-refractivity contribution in [2.75, 3.05) is 49.3 Å². The minimum atomic E-state index is -0.400. The second kappa shape index (κ2) is 15.7. The largest absolute Gasteiger partial charge is 0.478 e. The number of nitrogens with zero attached hydrogens (tertiary/aromatic N) is 7. The van der Waals surface area contributed by atoms with Crippen molar-refractivity contribution in [1.29, 1.82) is 0 Å². The zero-order valence-corrected chi connectivity index (χ0v) is 33.2. The number of rotatable bonds is 10. The average molecular weight is 783 g/mol. The number of aromatic amines is 1. The van der Waals surface area contributed by atoms with Gasteiger partial charge in [-0.25, -0.2) is 9.78 Å². The van der Waals surface area contributed by atoms with Crippen LogP contribution in [0.5, 0.6) is 5.75 Å². The maximum atomic E-state index is 12.9. The fourth-order valence-electron chi connectivity index (χ4n) is 7.25. The third kappa shape index (κ3) is 8.11. The van der Waals surface area contributed by atoms with E-state index in [1.54, 1.807) is 4.90 Å². The highest BCUT2D eigenvalue weighted by molar-refractivity contribution is 6.05. The van der Waals surface area contributed by atoms with Crippen LogP contribution in [0.2, 0.25) is 0 Å². The second-order valence-electron chi connectivity index (χ2n) is 15.8. The van der Waals surface area contributed by atoms with E-state index in [4.69, 9.17) is 9.26 Å². The number of H-pyrrole nitrogens is 1. The van der Waals surface area contributed by atoms with Gasteiger partial charge in [-0.3, -0.25) is 29.8 Å². The van der Waals surface area contributed by atoms with E-state index in [-0.39, 0.29) is 35.5 Å². The zero-order chi connectivity index (χ0) is 40.6. The second-order valence-corrected chi connectivity index (χ2v) is 15.8. The molecule has 0 saturated carbocycles. The Balaban J connectivity index is 0.865. The van der Waals surface area contributed by atoms with Gasteiger partial charge in [0.1, 0.15) is 12.5 Å². The molecule has 0 unspecified atom stereocenters. The van der Waals surface area contributed by atoms with Gasteiger partial charge in [-0.1, -0.05) is 50.2 Å². The molecule has 6 aromatic rings. The lowest BCUT2D eigenvalue weighted by atomic mass is 9.97. The van der Waals surface area contributed by atoms with Gasteiger partial charge >= 0.3 is 6.03 Å². The molecular formula is C43H46N10O5. The van der Waals surface area contributed by atoms with Gasteiger partial charge in [0.2, 0.25) is 11.8 Å². The Hall–Kier alpha value is -6.61. The first-order valence-corrected chi connectivity index (χ1v) is 19.4. The van der Waals surface area contributed by atoms with Crippen LogP contribution in [0.1, 0.15) is 67.8 Å². The lowest BCUT2D eigenvalue weighted by molar-refractivity contribution is -0.120. The summed E-state index contributed by atoms with van der Waals surface area (Å²) in [5.41, 5.74) is 8.06. The molecule has 15 nitrogen and oxygen atoms in total. The smallest absolute Gasteiger partial charge is 0.328 e. The average Bonchev–Trinajstić information content (AvgIpc) is 3.89. The molecule has 0 aliphatic carbocycles. The highest BCUT2D eigenvalue weighted by atomic mass is 16.5. The molecule has 2 aliphatic rings. The van der Waals surface area contributed by atoms with E-state index < -0.39 is 6.03 Å². The number of nitrogens with one attached hydrogen (secondary N) is 3. The van der Waals surface area contributed by atoms with Crippen LogP contribution < -0.4 is 25.2 Å². The molecule has 0 spiro atoms. The molecule has 2 fully saturated rings. The number of anilines is 2. The van der Waals surface area contributed by atoms with Gasteiger partial charge < -0.3 is 19.5 Å². The summed E-state index contributed by atoms with van der Waals surface area (Å²) >= 11 is 0. The summed E-state index contributed by atoms with van der Waals surface area (Å²) in [4.78, 5) is 51.7. The topological polar surface area (TPSA) is 175 Å². The summed E-state index contributed by atoms with van der Waals surface area (Å²) in [5, 5.41) is 17.8. The number of aryl methyl sites for hydroxylation is 1. The van der Waals surface area contributed by atoms with Crippen LogP contribution in [0.15, 0.2) is 83.5 Å². The quantitative estimate of drug-likeness (QED) is 0.141. The first kappa shape index (κ1) is 38.3. The number of ether oxygens (including phenoxy) is 1. The lowest BCUT2D eigenvalue weighted by Gasteiger charge is -2.35. The Kier molecular flexibility index (Phi) is 10.4. The molecular weight excluding hydrogens is 737 g/mol. The normalized spacial score (nSPS) is 15.7. The van der Waals surface area contributed by atoms with Gasteiger partial charge in [0.15, 0.2) is 5.65 Å². The summed E-state index contributed by atoms with van der Waals surface area (Å²) in [5.74, 6) is 0.516. The van der Waals surface area contributed by atoms with E-state index in [2.05, 4.69) is 82.2 Å². The van der Waals surface area contributed by atoms with Gasteiger partial charge in [-0.05, 0) is 79.1 Å². The highest BCUT2D eigenvalue weighted by Gasteiger charge is 2.26. The van der Waals surface area contributed by atoms with Gasteiger partial charge in [0.05, 0.1) is 11.7 Å². The lowest BCUT2D eigenvalue weighted by Crippen LogP contribution is -2.49. The molecule has 3 aromatic heterocycles. The molecule has 2 saturated heterocycles. The molecule has 0 bridgehead atoms. The minimum Gasteiger partial charge on any atom is -0.478 e. The van der Waals surface area contributed by atoms with Crippen LogP contribution in [0.4, 0.5) is 16.2 Å². The number of aromatic nitrogens is 5. The summed E-state index contributed by atoms with van der Waals surface area (Å²) in [6.45, 7) is 14.1. The Morgan fingerprint density at radius 2 is 1.64 bits per heavy atom. The van der Waals surface area contributed by atoms with Crippen LogP contribution in [0.25, 0.3) is 33.4 Å². The number of carbonyl (C=O) groups excluding carboxylic acids is 3. The Labute approximate surface area is 335 Å². The molecule has 5 heterocycles. The summed E-state index contributed by atoms with van der Waals surface area (Å²) in [7, 11) is 0. The van der Waals surface area contributed by atoms with Crippen LogP contribution >= 0.6 is 0 Å². The van der Waals surface area contributed by atoms with Crippen molar-refractivity contribution < 1.29 is 23.6 Å². The van der Waals surface area contributed by atoms with Crippen LogP contribution in [-0.4, -0.2) is 87.5 Å². The van der Waals surface area contributed by atoms with Crippen molar-refractivity contribution in [3.63, 3.8) is 0 Å². The molecule has 3 aromatic carbocycles. The number of fused-ring (bicyclic) bond motifs is 1. The number of pyridine rings is 1. The van der Waals surface area contributed by atoms with Gasteiger partial charge in [0.25, 0.3) is 11.7 Å². The third-order valence-electron chi connectivity index (χ3n) is 10.6. The summed E-state index contributed by atoms with van der Waals surface area (Å²) < 4.78 is 11.4. The van der Waals surface area contributed by atoms with Crippen LogP contribution in [-0.2, 0) is 10.2 Å². The number of piperazine rings is 1. The Morgan fingerprint density at radius 3 is 2.33 bits per heavy atom. The van der Waals surface area contributed by atoms with E-state index in [0.29, 0.717) is 24.8 Å². The van der Waals surface area contributed by atoms with E-state index in [9.17, 15) is 14.4 Å². The SMILES string of the molecule is Cc1cc(-c2[nH]nc3ncc(-c4ccc(N5CCN(COc6ccc(N7CCC(=O)NC7=O)cc6)CC5)cc4)cc23)ccc1[C@@H](C)NC(=O)c1noc(C(C)(C)C)n1. The van der Waals surface area contributed by atoms with E-state index in [0.717, 1.165) is 82.2 Å². The molecule has 58 heavy (non-hydrogen) atoms. The molecule has 3 N–H and O–H groups in total. The molecule has 0 radical (unpaired) electrons. The Bertz CT molecular complexity index is 2460. The number of hydrogen-bond donors (Lipinski definition) is 3. The first-order chi connectivity index (χ1) is 27.9. The number of benzene rings is 3. The molecule has 4 amide bonds. The molecule has 15 heteroatoms. The van der Waals surface area contributed by atoms with Crippen molar-refractivity contribution in [2.24, 2.45) is 0 Å². The van der Waals surface area contributed by atoms with Crippen LogP contribution in [0, 0.1) is 6.92 Å². The molecule has 298 valence electrons. The highest BCUT2D eigenvalue weighted by Crippen LogP contribution is 2.32. The first-order valence-electron chi connectivity index (χ1n) is 19.4. The Morgan fingerprint density at radius 1 is 0.914 bits per heavy atom. The number of hydrogen-bond acceptors (Lipinski definition) is 11. The fraction of sp³-hybridized carbons (Fsp3) is 0.326. The maximum absolute atomic E-state index is 12.9. The molecule has 1 atom stereocenters. The predicted molar refractivity (Wildman–Crippen MR) is 220 cm³/mol. The maximum Gasteiger partial charge on any atom is 0.328 e. The van der Waals surface area contributed by atoms with Crippen molar-refractivity contribution in [3.8, 4) is 28.1 Å². The number of amides is 4. The van der Waals surface area contributed by atoms with E-state index in [1.807, 2.05) is 77.2 Å². The zero-order valence-electron chi connectivity index (χ0n) is 33.2. The standard InChI is InChI=1S/C43H46N10O5/c1-26-22-29(8-15-34(26)27(2)45-40(55)39-47-41(58-50-39)43(3,4)5)37-35-23-30(24-44-38(35)49-48-37)28-6-9-31(10-7-28)52-20-18-51(19-21-52)25-57-33-13-11-32(12-14-33)53-17-16-36(54)46-42(53)56/h6-15,22-24,27H,16-21,25H2,1-5H3,(H,45,55)(H,44,48,49)(H,46,54,56)/t27-/m1/s1. The van der Waals surface area contributed by atoms with Gasteiger partial charge in [-0.2, -0.15) is 10.1 Å². The van der Waals surface area contributed by atoms with E-state index >= 15 is 0 Å². The van der Waals surface area contributed by atoms with Gasteiger partial charge in [-0.15, -0.1) is 0 Å². The summed E-state index contributed by atoms with van der Waals surface area (Å²) in [6.07, 6.45) is 2.14.